The Kier molecular flexibility index (Phi) is 7.52. The monoisotopic (exact) mass is 320 g/mol. The number of carbonyl (C=O) groups is 1. The van der Waals surface area contributed by atoms with Crippen LogP contribution >= 0.6 is 24.8 Å². The van der Waals surface area contributed by atoms with Crippen molar-refractivity contribution in [3.8, 4) is 0 Å². The van der Waals surface area contributed by atoms with E-state index in [9.17, 15) is 4.79 Å². The molecule has 1 atom stereocenters. The van der Waals surface area contributed by atoms with Gasteiger partial charge in [0.2, 0.25) is 5.91 Å². The maximum atomic E-state index is 11.7. The highest BCUT2D eigenvalue weighted by atomic mass is 35.5. The molecule has 0 aliphatic rings. The van der Waals surface area contributed by atoms with Crippen molar-refractivity contribution in [3.63, 3.8) is 0 Å². The highest BCUT2D eigenvalue weighted by Gasteiger charge is 2.13. The lowest BCUT2D eigenvalue weighted by atomic mass is 10.2. The molecule has 112 valence electrons. The number of nitrogens with two attached hydrogens (primary N) is 1. The van der Waals surface area contributed by atoms with Gasteiger partial charge in [0, 0.05) is 19.8 Å². The summed E-state index contributed by atoms with van der Waals surface area (Å²) >= 11 is 0. The van der Waals surface area contributed by atoms with Crippen LogP contribution in [0, 0.1) is 0 Å². The predicted molar refractivity (Wildman–Crippen MR) is 83.7 cm³/mol. The summed E-state index contributed by atoms with van der Waals surface area (Å²) in [6.07, 6.45) is 1.73. The number of anilines is 1. The first kappa shape index (κ1) is 18.7. The molecule has 2 aromatic rings. The third-order valence-corrected chi connectivity index (χ3v) is 2.68. The zero-order chi connectivity index (χ0) is 13.1. The summed E-state index contributed by atoms with van der Waals surface area (Å²) in [5.74, 6) is -0.271. The smallest absolute Gasteiger partial charge is 0.243 e. The standard InChI is InChI=1S/C12H16N4O2.2ClH/c1-16-7-14-10-5-8(3-4-11(10)16)15-12(17)9(13)6-18-2;;/h3-5,7,9H,6,13H2,1-2H3,(H,15,17);2*1H. The Balaban J connectivity index is 0.00000180. The second-order valence-corrected chi connectivity index (χ2v) is 4.11. The summed E-state index contributed by atoms with van der Waals surface area (Å²) in [6.45, 7) is 0.192. The molecule has 0 bridgehead atoms. The first-order valence-corrected chi connectivity index (χ1v) is 5.58. The molecular formula is C12H18Cl2N4O2. The number of imidazole rings is 1. The molecule has 6 nitrogen and oxygen atoms in total. The fourth-order valence-corrected chi connectivity index (χ4v) is 1.70. The molecule has 0 fully saturated rings. The molecule has 1 heterocycles. The number of nitrogens with one attached hydrogen (secondary N) is 1. The summed E-state index contributed by atoms with van der Waals surface area (Å²) in [5.41, 5.74) is 8.15. The summed E-state index contributed by atoms with van der Waals surface area (Å²) in [4.78, 5) is 15.9. The van der Waals surface area contributed by atoms with E-state index < -0.39 is 6.04 Å². The van der Waals surface area contributed by atoms with E-state index in [0.717, 1.165) is 11.0 Å². The van der Waals surface area contributed by atoms with Crippen molar-refractivity contribution in [2.45, 2.75) is 6.04 Å². The van der Waals surface area contributed by atoms with Crippen LogP contribution in [0.4, 0.5) is 5.69 Å². The van der Waals surface area contributed by atoms with Crippen molar-refractivity contribution >= 4 is 47.4 Å². The van der Waals surface area contributed by atoms with Gasteiger partial charge in [-0.3, -0.25) is 4.79 Å². The molecule has 3 N–H and O–H groups in total. The summed E-state index contributed by atoms with van der Waals surface area (Å²) in [5, 5.41) is 2.73. The van der Waals surface area contributed by atoms with Crippen molar-refractivity contribution in [2.24, 2.45) is 12.8 Å². The van der Waals surface area contributed by atoms with Crippen LogP contribution in [0.15, 0.2) is 24.5 Å². The van der Waals surface area contributed by atoms with Gasteiger partial charge in [0.1, 0.15) is 6.04 Å². The molecule has 8 heteroatoms. The van der Waals surface area contributed by atoms with E-state index in [1.54, 1.807) is 6.33 Å². The average molecular weight is 321 g/mol. The van der Waals surface area contributed by atoms with Gasteiger partial charge in [-0.05, 0) is 18.2 Å². The second kappa shape index (κ2) is 8.06. The van der Waals surface area contributed by atoms with Crippen molar-refractivity contribution in [3.05, 3.63) is 24.5 Å². The number of aryl methyl sites for hydroxylation is 1. The summed E-state index contributed by atoms with van der Waals surface area (Å²) in [6, 6.07) is 4.86. The van der Waals surface area contributed by atoms with E-state index in [1.165, 1.54) is 7.11 Å². The minimum absolute atomic E-state index is 0. The number of hydrogen-bond acceptors (Lipinski definition) is 4. The van der Waals surface area contributed by atoms with Gasteiger partial charge in [-0.1, -0.05) is 0 Å². The first-order chi connectivity index (χ1) is 8.61. The van der Waals surface area contributed by atoms with Gasteiger partial charge in [-0.2, -0.15) is 0 Å². The van der Waals surface area contributed by atoms with Crippen molar-refractivity contribution < 1.29 is 9.53 Å². The van der Waals surface area contributed by atoms with Crippen LogP contribution in [0.5, 0.6) is 0 Å². The molecule has 1 aromatic carbocycles. The molecule has 0 saturated carbocycles. The molecule has 1 unspecified atom stereocenters. The number of carbonyl (C=O) groups excluding carboxylic acids is 1. The van der Waals surface area contributed by atoms with E-state index in [2.05, 4.69) is 10.3 Å². The molecule has 1 aromatic heterocycles. The minimum Gasteiger partial charge on any atom is -0.383 e. The molecule has 0 spiro atoms. The van der Waals surface area contributed by atoms with Gasteiger partial charge in [-0.15, -0.1) is 24.8 Å². The number of aromatic nitrogens is 2. The normalized spacial score (nSPS) is 11.3. The largest absolute Gasteiger partial charge is 0.383 e. The van der Waals surface area contributed by atoms with Crippen LogP contribution in [0.3, 0.4) is 0 Å². The lowest BCUT2D eigenvalue weighted by Gasteiger charge is -2.11. The van der Waals surface area contributed by atoms with E-state index in [0.29, 0.717) is 5.69 Å². The molecule has 20 heavy (non-hydrogen) atoms. The maximum Gasteiger partial charge on any atom is 0.243 e. The van der Waals surface area contributed by atoms with Gasteiger partial charge in [-0.25, -0.2) is 4.98 Å². The van der Waals surface area contributed by atoms with Crippen LogP contribution in [0.1, 0.15) is 0 Å². The topological polar surface area (TPSA) is 82.2 Å². The number of hydrogen-bond donors (Lipinski definition) is 2. The Labute approximate surface area is 129 Å². The summed E-state index contributed by atoms with van der Waals surface area (Å²) in [7, 11) is 3.43. The van der Waals surface area contributed by atoms with Gasteiger partial charge < -0.3 is 20.4 Å². The molecule has 2 rings (SSSR count). The first-order valence-electron chi connectivity index (χ1n) is 5.58. The second-order valence-electron chi connectivity index (χ2n) is 4.11. The Morgan fingerprint density at radius 1 is 1.50 bits per heavy atom. The molecule has 0 aliphatic heterocycles. The Hall–Kier alpha value is -1.34. The van der Waals surface area contributed by atoms with Crippen molar-refractivity contribution in [1.82, 2.24) is 9.55 Å². The lowest BCUT2D eigenvalue weighted by molar-refractivity contribution is -0.118. The predicted octanol–water partition coefficient (Wildman–Crippen LogP) is 1.33. The van der Waals surface area contributed by atoms with Gasteiger partial charge in [0.05, 0.1) is 24.0 Å². The number of nitrogens with zero attached hydrogens (tertiary/aromatic N) is 2. The fraction of sp³-hybridized carbons (Fsp3) is 0.333. The van der Waals surface area contributed by atoms with Crippen LogP contribution in [0.2, 0.25) is 0 Å². The van der Waals surface area contributed by atoms with Crippen molar-refractivity contribution in [2.75, 3.05) is 19.0 Å². The maximum absolute atomic E-state index is 11.7. The van der Waals surface area contributed by atoms with Gasteiger partial charge >= 0.3 is 0 Å². The number of fused-ring (bicyclic) bond motifs is 1. The molecule has 0 aliphatic carbocycles. The van der Waals surface area contributed by atoms with Crippen LogP contribution in [-0.2, 0) is 16.6 Å². The molecular weight excluding hydrogens is 303 g/mol. The zero-order valence-electron chi connectivity index (χ0n) is 11.2. The fourth-order valence-electron chi connectivity index (χ4n) is 1.70. The van der Waals surface area contributed by atoms with E-state index in [1.807, 2.05) is 29.8 Å². The highest BCUT2D eigenvalue weighted by Crippen LogP contribution is 2.17. The Morgan fingerprint density at radius 2 is 2.20 bits per heavy atom. The molecule has 0 radical (unpaired) electrons. The number of ether oxygens (including phenoxy) is 1. The number of halogens is 2. The SMILES string of the molecule is COCC(N)C(=O)Nc1ccc2c(c1)ncn2C.Cl.Cl. The number of benzene rings is 1. The lowest BCUT2D eigenvalue weighted by Crippen LogP contribution is -2.39. The van der Waals surface area contributed by atoms with Crippen LogP contribution in [0.25, 0.3) is 11.0 Å². The zero-order valence-corrected chi connectivity index (χ0v) is 12.8. The van der Waals surface area contributed by atoms with Gasteiger partial charge in [0.25, 0.3) is 0 Å². The molecule has 0 saturated heterocycles. The number of rotatable bonds is 4. The van der Waals surface area contributed by atoms with E-state index in [4.69, 9.17) is 10.5 Å². The van der Waals surface area contributed by atoms with E-state index in [-0.39, 0.29) is 37.3 Å². The third kappa shape index (κ3) is 4.08. The minimum atomic E-state index is -0.672. The van der Waals surface area contributed by atoms with E-state index >= 15 is 0 Å². The van der Waals surface area contributed by atoms with Crippen molar-refractivity contribution in [1.29, 1.82) is 0 Å². The average Bonchev–Trinajstić information content (AvgIpc) is 2.71. The number of methoxy groups -OCH3 is 1. The quantitative estimate of drug-likeness (QED) is 0.890. The van der Waals surface area contributed by atoms with Gasteiger partial charge in [0.15, 0.2) is 0 Å². The third-order valence-electron chi connectivity index (χ3n) is 2.68. The molecule has 1 amide bonds. The Morgan fingerprint density at radius 3 is 2.85 bits per heavy atom. The highest BCUT2D eigenvalue weighted by molar-refractivity contribution is 5.96. The summed E-state index contributed by atoms with van der Waals surface area (Å²) < 4.78 is 6.75. The number of amides is 1. The Bertz CT molecular complexity index is 574. The van der Waals surface area contributed by atoms with Crippen LogP contribution in [-0.4, -0.2) is 35.2 Å². The van der Waals surface area contributed by atoms with Crippen LogP contribution < -0.4 is 11.1 Å².